The van der Waals surface area contributed by atoms with Crippen molar-refractivity contribution in [2.75, 3.05) is 26.0 Å². The summed E-state index contributed by atoms with van der Waals surface area (Å²) < 4.78 is 4.25. The van der Waals surface area contributed by atoms with E-state index in [9.17, 15) is 0 Å². The molecule has 0 aromatic heterocycles. The highest BCUT2D eigenvalue weighted by atomic mass is 35.5. The molecule has 0 heterocycles. The Hall–Kier alpha value is 0.540. The van der Waals surface area contributed by atoms with E-state index in [1.54, 1.807) is 14.2 Å². The fourth-order valence-electron chi connectivity index (χ4n) is 0. The summed E-state index contributed by atoms with van der Waals surface area (Å²) in [4.78, 5) is 0. The van der Waals surface area contributed by atoms with Gasteiger partial charge in [-0.1, -0.05) is 0 Å². The first-order valence-corrected chi connectivity index (χ1v) is 2.92. The summed E-state index contributed by atoms with van der Waals surface area (Å²) in [5, 5.41) is 0. The predicted molar refractivity (Wildman–Crippen MR) is 34.4 cm³/mol. The van der Waals surface area contributed by atoms with Crippen LogP contribution in [-0.4, -0.2) is 26.0 Å². The molecule has 1 nitrogen and oxygen atoms in total. The minimum absolute atomic E-state index is 0.557. The van der Waals surface area contributed by atoms with Crippen molar-refractivity contribution < 1.29 is 4.74 Å². The molecule has 0 aliphatic heterocycles. The van der Waals surface area contributed by atoms with Gasteiger partial charge in [0.15, 0.2) is 0 Å². The maximum Gasteiger partial charge on any atom is 0.0359 e. The molecule has 0 radical (unpaired) electrons. The van der Waals surface area contributed by atoms with E-state index in [0.717, 1.165) is 0 Å². The van der Waals surface area contributed by atoms with Gasteiger partial charge in [-0.15, -0.1) is 23.2 Å². The summed E-state index contributed by atoms with van der Waals surface area (Å²) >= 11 is 10.1. The topological polar surface area (TPSA) is 9.23 Å². The molecule has 0 aliphatic rings. The summed E-state index contributed by atoms with van der Waals surface area (Å²) in [6.45, 7) is 0. The maximum atomic E-state index is 5.05. The molecule has 0 spiro atoms. The molecule has 46 valence electrons. The van der Waals surface area contributed by atoms with Crippen molar-refractivity contribution in [1.29, 1.82) is 0 Å². The summed E-state index contributed by atoms with van der Waals surface area (Å²) in [7, 11) is 3.25. The number of methoxy groups -OCH3 is 1. The minimum Gasteiger partial charge on any atom is -0.388 e. The second-order valence-corrected chi connectivity index (χ2v) is 1.54. The first-order chi connectivity index (χ1) is 3.33. The van der Waals surface area contributed by atoms with Crippen molar-refractivity contribution in [1.82, 2.24) is 0 Å². The Kier molecular flexibility index (Phi) is 24.0. The van der Waals surface area contributed by atoms with E-state index in [4.69, 9.17) is 23.2 Å². The molecular formula is C4H10Cl2O. The van der Waals surface area contributed by atoms with Gasteiger partial charge in [0.25, 0.3) is 0 Å². The lowest BCUT2D eigenvalue weighted by atomic mass is 11.0. The van der Waals surface area contributed by atoms with Gasteiger partial charge in [-0.05, 0) is 0 Å². The van der Waals surface area contributed by atoms with Crippen molar-refractivity contribution >= 4 is 23.2 Å². The van der Waals surface area contributed by atoms with Gasteiger partial charge in [0.2, 0.25) is 0 Å². The maximum absolute atomic E-state index is 5.05. The Labute approximate surface area is 54.6 Å². The highest BCUT2D eigenvalue weighted by molar-refractivity contribution is 6.25. The number of alkyl halides is 2. The normalized spacial score (nSPS) is 6.86. The highest BCUT2D eigenvalue weighted by Gasteiger charge is 1.61. The van der Waals surface area contributed by atoms with Crippen LogP contribution in [0.1, 0.15) is 0 Å². The van der Waals surface area contributed by atoms with E-state index >= 15 is 0 Å². The van der Waals surface area contributed by atoms with Crippen LogP contribution in [0.25, 0.3) is 0 Å². The molecule has 0 bridgehead atoms. The van der Waals surface area contributed by atoms with Gasteiger partial charge < -0.3 is 4.74 Å². The van der Waals surface area contributed by atoms with Crippen molar-refractivity contribution in [3.63, 3.8) is 0 Å². The van der Waals surface area contributed by atoms with Gasteiger partial charge in [0, 0.05) is 26.0 Å². The molecule has 0 atom stereocenters. The Balaban J connectivity index is 0. The molecule has 0 aliphatic carbocycles. The average molecular weight is 145 g/mol. The van der Waals surface area contributed by atoms with E-state index in [0.29, 0.717) is 11.8 Å². The Morgan fingerprint density at radius 3 is 1.29 bits per heavy atom. The van der Waals surface area contributed by atoms with Crippen LogP contribution in [-0.2, 0) is 4.74 Å². The zero-order valence-electron chi connectivity index (χ0n) is 4.58. The van der Waals surface area contributed by atoms with Crippen molar-refractivity contribution in [2.45, 2.75) is 0 Å². The van der Waals surface area contributed by atoms with Crippen LogP contribution in [0.3, 0.4) is 0 Å². The fraction of sp³-hybridized carbons (Fsp3) is 1.00. The summed E-state index contributed by atoms with van der Waals surface area (Å²) in [5.74, 6) is 1.11. The van der Waals surface area contributed by atoms with Gasteiger partial charge in [-0.25, -0.2) is 0 Å². The Morgan fingerprint density at radius 1 is 1.14 bits per heavy atom. The molecule has 7 heavy (non-hydrogen) atoms. The third-order valence-corrected chi connectivity index (χ3v) is 0.643. The van der Waals surface area contributed by atoms with Crippen molar-refractivity contribution in [2.24, 2.45) is 0 Å². The molecule has 0 rings (SSSR count). The molecular weight excluding hydrogens is 135 g/mol. The largest absolute Gasteiger partial charge is 0.388 e. The second kappa shape index (κ2) is 16.0. The molecule has 0 aromatic carbocycles. The van der Waals surface area contributed by atoms with Crippen LogP contribution < -0.4 is 0 Å². The first kappa shape index (κ1) is 10.5. The van der Waals surface area contributed by atoms with E-state index in [2.05, 4.69) is 4.74 Å². The van der Waals surface area contributed by atoms with Crippen LogP contribution in [0.5, 0.6) is 0 Å². The van der Waals surface area contributed by atoms with E-state index < -0.39 is 0 Å². The number of hydrogen-bond donors (Lipinski definition) is 0. The van der Waals surface area contributed by atoms with E-state index in [1.807, 2.05) is 0 Å². The smallest absolute Gasteiger partial charge is 0.0359 e. The average Bonchev–Trinajstić information content (AvgIpc) is 1.69. The number of rotatable bonds is 1. The summed E-state index contributed by atoms with van der Waals surface area (Å²) in [6.07, 6.45) is 0. The van der Waals surface area contributed by atoms with Crippen molar-refractivity contribution in [3.05, 3.63) is 0 Å². The fourth-order valence-corrected chi connectivity index (χ4v) is 0. The third kappa shape index (κ3) is 56.8. The molecule has 0 saturated heterocycles. The van der Waals surface area contributed by atoms with Gasteiger partial charge in [0.1, 0.15) is 0 Å². The second-order valence-electron chi connectivity index (χ2n) is 0.786. The Morgan fingerprint density at radius 2 is 1.29 bits per heavy atom. The van der Waals surface area contributed by atoms with E-state index in [-0.39, 0.29) is 0 Å². The lowest BCUT2D eigenvalue weighted by Gasteiger charge is -1.63. The third-order valence-electron chi connectivity index (χ3n) is 0.0714. The summed E-state index contributed by atoms with van der Waals surface area (Å²) in [5.41, 5.74) is 0. The Bertz CT molecular complexity index is 17.2. The zero-order valence-corrected chi connectivity index (χ0v) is 6.09. The van der Waals surface area contributed by atoms with Crippen LogP contribution in [0.2, 0.25) is 0 Å². The van der Waals surface area contributed by atoms with Crippen LogP contribution in [0, 0.1) is 0 Å². The van der Waals surface area contributed by atoms with Crippen LogP contribution in [0.4, 0.5) is 0 Å². The number of ether oxygens (including phenoxy) is 1. The number of hydrogen-bond acceptors (Lipinski definition) is 1. The van der Waals surface area contributed by atoms with E-state index in [1.165, 1.54) is 0 Å². The number of halogens is 2. The van der Waals surface area contributed by atoms with Gasteiger partial charge in [0.05, 0.1) is 0 Å². The van der Waals surface area contributed by atoms with Crippen LogP contribution in [0.15, 0.2) is 0 Å². The summed E-state index contributed by atoms with van der Waals surface area (Å²) in [6, 6.07) is 0. The monoisotopic (exact) mass is 144 g/mol. The zero-order chi connectivity index (χ0) is 6.12. The van der Waals surface area contributed by atoms with Crippen molar-refractivity contribution in [3.8, 4) is 0 Å². The molecule has 0 amide bonds. The van der Waals surface area contributed by atoms with Gasteiger partial charge >= 0.3 is 0 Å². The quantitative estimate of drug-likeness (QED) is 0.510. The molecule has 0 aromatic rings. The van der Waals surface area contributed by atoms with Crippen LogP contribution >= 0.6 is 23.2 Å². The molecule has 0 fully saturated rings. The molecule has 0 saturated carbocycles. The molecule has 0 unspecified atom stereocenters. The lowest BCUT2D eigenvalue weighted by Crippen LogP contribution is -1.63. The SMILES string of the molecule is COC.ClCCCl. The lowest BCUT2D eigenvalue weighted by molar-refractivity contribution is 0.277. The highest BCUT2D eigenvalue weighted by Crippen LogP contribution is 1.75. The first-order valence-electron chi connectivity index (χ1n) is 1.85. The molecule has 3 heteroatoms. The standard InChI is InChI=1S/C2H4Cl2.C2H6O/c3-1-2-4;1-3-2/h1-2H2;1-2H3. The van der Waals surface area contributed by atoms with Gasteiger partial charge in [-0.2, -0.15) is 0 Å². The molecule has 0 N–H and O–H groups in total. The minimum atomic E-state index is 0.557. The predicted octanol–water partition coefficient (Wildman–Crippen LogP) is 1.73. The van der Waals surface area contributed by atoms with Gasteiger partial charge in [-0.3, -0.25) is 0 Å².